The third-order valence-electron chi connectivity index (χ3n) is 5.52. The fourth-order valence-electron chi connectivity index (χ4n) is 4.03. The Morgan fingerprint density at radius 1 is 1.15 bits per heavy atom. The molecule has 0 aromatic heterocycles. The predicted molar refractivity (Wildman–Crippen MR) is 135 cm³/mol. The van der Waals surface area contributed by atoms with Crippen LogP contribution in [0.2, 0.25) is 0 Å². The molecule has 1 aliphatic heterocycles. The second-order valence-electron chi connectivity index (χ2n) is 8.58. The van der Waals surface area contributed by atoms with Crippen molar-refractivity contribution in [1.29, 1.82) is 0 Å². The smallest absolute Gasteiger partial charge is 0.252 e. The van der Waals surface area contributed by atoms with Crippen LogP contribution in [0.15, 0.2) is 61.6 Å². The van der Waals surface area contributed by atoms with Gasteiger partial charge in [-0.1, -0.05) is 41.5 Å². The Bertz CT molecular complexity index is 1050. The summed E-state index contributed by atoms with van der Waals surface area (Å²) in [5.74, 6) is 0.321. The lowest BCUT2D eigenvalue weighted by Crippen LogP contribution is -2.42. The lowest BCUT2D eigenvalue weighted by Gasteiger charge is -2.34. The van der Waals surface area contributed by atoms with Gasteiger partial charge in [0.2, 0.25) is 10.0 Å². The SMILES string of the molecule is COCCCNC(=O)c1cc(S(=O)(=O)N2C[C@H](C)C[C@@H](C)C2)ccc1Sc1ccc(Br)cc1. The van der Waals surface area contributed by atoms with E-state index in [2.05, 4.69) is 35.1 Å². The van der Waals surface area contributed by atoms with Crippen LogP contribution >= 0.6 is 27.7 Å². The number of halogens is 1. The Kier molecular flexibility index (Phi) is 9.41. The van der Waals surface area contributed by atoms with Gasteiger partial charge in [0.15, 0.2) is 0 Å². The summed E-state index contributed by atoms with van der Waals surface area (Å²) in [6, 6.07) is 12.6. The second kappa shape index (κ2) is 11.8. The fourth-order valence-corrected chi connectivity index (χ4v) is 6.92. The van der Waals surface area contributed by atoms with Crippen molar-refractivity contribution < 1.29 is 17.9 Å². The molecule has 1 aliphatic rings. The zero-order chi connectivity index (χ0) is 24.0. The van der Waals surface area contributed by atoms with Crippen LogP contribution in [0, 0.1) is 11.8 Å². The lowest BCUT2D eigenvalue weighted by atomic mass is 9.94. The summed E-state index contributed by atoms with van der Waals surface area (Å²) in [4.78, 5) is 14.9. The highest BCUT2D eigenvalue weighted by atomic mass is 79.9. The third-order valence-corrected chi connectivity index (χ3v) is 8.96. The van der Waals surface area contributed by atoms with E-state index >= 15 is 0 Å². The van der Waals surface area contributed by atoms with Gasteiger partial charge in [0.1, 0.15) is 0 Å². The van der Waals surface area contributed by atoms with Crippen LogP contribution in [0.4, 0.5) is 0 Å². The number of amides is 1. The molecule has 6 nitrogen and oxygen atoms in total. The number of nitrogens with zero attached hydrogens (tertiary/aromatic N) is 1. The van der Waals surface area contributed by atoms with E-state index in [1.54, 1.807) is 23.5 Å². The highest BCUT2D eigenvalue weighted by Gasteiger charge is 2.32. The van der Waals surface area contributed by atoms with E-state index < -0.39 is 10.0 Å². The number of ether oxygens (including phenoxy) is 1. The van der Waals surface area contributed by atoms with Crippen molar-refractivity contribution in [2.75, 3.05) is 33.4 Å². The fraction of sp³-hybridized carbons (Fsp3) is 0.458. The van der Waals surface area contributed by atoms with Gasteiger partial charge in [-0.15, -0.1) is 0 Å². The minimum absolute atomic E-state index is 0.158. The number of piperidine rings is 1. The first-order valence-corrected chi connectivity index (χ1v) is 14.1. The molecular weight excluding hydrogens is 524 g/mol. The Morgan fingerprint density at radius 2 is 1.82 bits per heavy atom. The highest BCUT2D eigenvalue weighted by Crippen LogP contribution is 2.34. The van der Waals surface area contributed by atoms with Crippen molar-refractivity contribution in [3.63, 3.8) is 0 Å². The standard InChI is InChI=1S/C24H31BrN2O4S2/c1-17-13-18(2)16-27(15-17)33(29,30)21-9-10-23(32-20-7-5-19(25)6-8-20)22(14-21)24(28)26-11-4-12-31-3/h5-10,14,17-18H,4,11-13,15-16H2,1-3H3,(H,26,28)/t17-,18-/m1/s1. The summed E-state index contributed by atoms with van der Waals surface area (Å²) in [5, 5.41) is 2.89. The van der Waals surface area contributed by atoms with Gasteiger partial charge in [0, 0.05) is 47.6 Å². The van der Waals surface area contributed by atoms with E-state index in [-0.39, 0.29) is 10.8 Å². The molecule has 33 heavy (non-hydrogen) atoms. The summed E-state index contributed by atoms with van der Waals surface area (Å²) >= 11 is 4.87. The number of carbonyl (C=O) groups excluding carboxylic acids is 1. The Balaban J connectivity index is 1.92. The van der Waals surface area contributed by atoms with E-state index in [0.29, 0.717) is 55.0 Å². The number of sulfonamides is 1. The van der Waals surface area contributed by atoms with Crippen LogP contribution in [-0.4, -0.2) is 52.0 Å². The van der Waals surface area contributed by atoms with E-state index in [9.17, 15) is 13.2 Å². The molecule has 1 amide bonds. The van der Waals surface area contributed by atoms with Gasteiger partial charge in [0.25, 0.3) is 5.91 Å². The summed E-state index contributed by atoms with van der Waals surface area (Å²) < 4.78 is 34.4. The Morgan fingerprint density at radius 3 is 2.45 bits per heavy atom. The molecular formula is C24H31BrN2O4S2. The minimum atomic E-state index is -3.69. The highest BCUT2D eigenvalue weighted by molar-refractivity contribution is 9.10. The third kappa shape index (κ3) is 7.05. The van der Waals surface area contributed by atoms with Gasteiger partial charge in [0.05, 0.1) is 10.5 Å². The quantitative estimate of drug-likeness (QED) is 0.440. The molecule has 180 valence electrons. The summed E-state index contributed by atoms with van der Waals surface area (Å²) in [6.45, 7) is 6.15. The molecule has 0 bridgehead atoms. The molecule has 9 heteroatoms. The molecule has 1 saturated heterocycles. The molecule has 1 heterocycles. The number of carbonyl (C=O) groups is 1. The summed E-state index contributed by atoms with van der Waals surface area (Å²) in [7, 11) is -2.07. The number of benzene rings is 2. The van der Waals surface area contributed by atoms with Crippen LogP contribution in [0.5, 0.6) is 0 Å². The lowest BCUT2D eigenvalue weighted by molar-refractivity contribution is 0.0945. The summed E-state index contributed by atoms with van der Waals surface area (Å²) in [6.07, 6.45) is 1.70. The van der Waals surface area contributed by atoms with Crippen LogP contribution in [0.3, 0.4) is 0 Å². The Hall–Kier alpha value is -1.39. The average molecular weight is 556 g/mol. The number of hydrogen-bond acceptors (Lipinski definition) is 5. The minimum Gasteiger partial charge on any atom is -0.385 e. The molecule has 3 rings (SSSR count). The molecule has 0 unspecified atom stereocenters. The molecule has 2 atom stereocenters. The van der Waals surface area contributed by atoms with E-state index in [1.165, 1.54) is 17.8 Å². The van der Waals surface area contributed by atoms with E-state index in [0.717, 1.165) is 15.8 Å². The first-order valence-electron chi connectivity index (χ1n) is 11.1. The largest absolute Gasteiger partial charge is 0.385 e. The molecule has 0 aliphatic carbocycles. The van der Waals surface area contributed by atoms with Crippen molar-refractivity contribution in [2.24, 2.45) is 11.8 Å². The van der Waals surface area contributed by atoms with Crippen molar-refractivity contribution in [3.8, 4) is 0 Å². The van der Waals surface area contributed by atoms with Crippen LogP contribution in [-0.2, 0) is 14.8 Å². The van der Waals surface area contributed by atoms with Gasteiger partial charge in [-0.25, -0.2) is 8.42 Å². The molecule has 0 saturated carbocycles. The molecule has 0 radical (unpaired) electrons. The van der Waals surface area contributed by atoms with E-state index in [4.69, 9.17) is 4.74 Å². The number of rotatable bonds is 9. The average Bonchev–Trinajstić information content (AvgIpc) is 2.77. The van der Waals surface area contributed by atoms with Gasteiger partial charge in [-0.3, -0.25) is 4.79 Å². The monoisotopic (exact) mass is 554 g/mol. The number of methoxy groups -OCH3 is 1. The summed E-state index contributed by atoms with van der Waals surface area (Å²) in [5.41, 5.74) is 0.361. The number of nitrogens with one attached hydrogen (secondary N) is 1. The van der Waals surface area contributed by atoms with Gasteiger partial charge < -0.3 is 10.1 Å². The zero-order valence-electron chi connectivity index (χ0n) is 19.2. The van der Waals surface area contributed by atoms with Gasteiger partial charge >= 0.3 is 0 Å². The van der Waals surface area contributed by atoms with Crippen molar-refractivity contribution in [1.82, 2.24) is 9.62 Å². The maximum Gasteiger partial charge on any atom is 0.252 e. The zero-order valence-corrected chi connectivity index (χ0v) is 22.4. The second-order valence-corrected chi connectivity index (χ2v) is 12.6. The first kappa shape index (κ1) is 26.2. The Labute approximate surface area is 209 Å². The van der Waals surface area contributed by atoms with Gasteiger partial charge in [-0.2, -0.15) is 4.31 Å². The van der Waals surface area contributed by atoms with Crippen LogP contribution < -0.4 is 5.32 Å². The molecule has 1 N–H and O–H groups in total. The first-order chi connectivity index (χ1) is 15.7. The molecule has 1 fully saturated rings. The van der Waals surface area contributed by atoms with Gasteiger partial charge in [-0.05, 0) is 67.1 Å². The van der Waals surface area contributed by atoms with Crippen LogP contribution in [0.25, 0.3) is 0 Å². The van der Waals surface area contributed by atoms with Crippen molar-refractivity contribution >= 4 is 43.6 Å². The van der Waals surface area contributed by atoms with Crippen molar-refractivity contribution in [3.05, 3.63) is 52.5 Å². The molecule has 0 spiro atoms. The van der Waals surface area contributed by atoms with E-state index in [1.807, 2.05) is 24.3 Å². The van der Waals surface area contributed by atoms with Crippen molar-refractivity contribution in [2.45, 2.75) is 41.4 Å². The number of hydrogen-bond donors (Lipinski definition) is 1. The maximum absolute atomic E-state index is 13.4. The topological polar surface area (TPSA) is 75.7 Å². The molecule has 2 aromatic carbocycles. The van der Waals surface area contributed by atoms with Crippen LogP contribution in [0.1, 0.15) is 37.0 Å². The predicted octanol–water partition coefficient (Wildman–Crippen LogP) is 5.03. The maximum atomic E-state index is 13.4. The molecule has 2 aromatic rings. The normalized spacial score (nSPS) is 19.4.